The molecule has 1 fully saturated rings. The number of hydrogen-bond donors (Lipinski definition) is 1. The molecule has 7 nitrogen and oxygen atoms in total. The Bertz CT molecular complexity index is 829. The molecule has 1 amide bonds. The number of halogens is 1. The summed E-state index contributed by atoms with van der Waals surface area (Å²) in [5, 5.41) is 12.1. The van der Waals surface area contributed by atoms with Gasteiger partial charge in [-0.15, -0.1) is 22.6 Å². The van der Waals surface area contributed by atoms with E-state index in [2.05, 4.69) is 33.9 Å². The van der Waals surface area contributed by atoms with Crippen LogP contribution in [0.4, 0.5) is 0 Å². The van der Waals surface area contributed by atoms with E-state index in [9.17, 15) is 4.79 Å². The van der Waals surface area contributed by atoms with Crippen molar-refractivity contribution in [2.45, 2.75) is 52.1 Å². The molecule has 2 aliphatic rings. The highest BCUT2D eigenvalue weighted by Crippen LogP contribution is 2.28. The lowest BCUT2D eigenvalue weighted by molar-refractivity contribution is -0.131. The molecule has 3 heterocycles. The maximum atomic E-state index is 12.7. The molecule has 0 atom stereocenters. The second-order valence-electron chi connectivity index (χ2n) is 8.48. The van der Waals surface area contributed by atoms with Crippen molar-refractivity contribution >= 4 is 18.3 Å². The average molecular weight is 434 g/mol. The van der Waals surface area contributed by atoms with Crippen LogP contribution in [0.25, 0.3) is 0 Å². The molecule has 0 unspecified atom stereocenters. The van der Waals surface area contributed by atoms with E-state index in [4.69, 9.17) is 4.74 Å². The number of fused-ring (bicyclic) bond motifs is 1. The van der Waals surface area contributed by atoms with Crippen LogP contribution >= 0.6 is 12.4 Å². The summed E-state index contributed by atoms with van der Waals surface area (Å²) < 4.78 is 7.98. The lowest BCUT2D eigenvalue weighted by Crippen LogP contribution is -2.39. The molecule has 4 rings (SSSR count). The first kappa shape index (κ1) is 22.6. The minimum Gasteiger partial charge on any atom is -0.493 e. The van der Waals surface area contributed by atoms with Gasteiger partial charge < -0.3 is 19.5 Å². The van der Waals surface area contributed by atoms with Gasteiger partial charge >= 0.3 is 0 Å². The van der Waals surface area contributed by atoms with Crippen LogP contribution in [0.1, 0.15) is 49.8 Å². The highest BCUT2D eigenvalue weighted by molar-refractivity contribution is 5.85. The maximum Gasteiger partial charge on any atom is 0.226 e. The minimum atomic E-state index is 0. The number of carbonyl (C=O) groups excluding carboxylic acids is 1. The van der Waals surface area contributed by atoms with Crippen LogP contribution in [-0.4, -0.2) is 51.8 Å². The fraction of sp³-hybridized carbons (Fsp3) is 0.591. The summed E-state index contributed by atoms with van der Waals surface area (Å²) in [6.07, 6.45) is 2.36. The first-order valence-corrected chi connectivity index (χ1v) is 10.7. The molecule has 1 aromatic carbocycles. The molecule has 1 N–H and O–H groups in total. The molecular formula is C22H32ClN5O2. The van der Waals surface area contributed by atoms with E-state index in [1.54, 1.807) is 0 Å². The second kappa shape index (κ2) is 10.3. The molecule has 0 aliphatic carbocycles. The predicted molar refractivity (Wildman–Crippen MR) is 118 cm³/mol. The summed E-state index contributed by atoms with van der Waals surface area (Å²) in [5.74, 6) is 4.10. The van der Waals surface area contributed by atoms with Gasteiger partial charge in [-0.05, 0) is 36.5 Å². The van der Waals surface area contributed by atoms with Gasteiger partial charge in [0.15, 0.2) is 0 Å². The molecule has 8 heteroatoms. The maximum absolute atomic E-state index is 12.7. The van der Waals surface area contributed by atoms with Gasteiger partial charge in [-0.1, -0.05) is 26.0 Å². The van der Waals surface area contributed by atoms with E-state index < -0.39 is 0 Å². The fourth-order valence-corrected chi connectivity index (χ4v) is 4.06. The Balaban J connectivity index is 0.00000256. The lowest BCUT2D eigenvalue weighted by atomic mass is 9.95. The molecule has 1 saturated heterocycles. The van der Waals surface area contributed by atoms with Gasteiger partial charge in [0.05, 0.1) is 19.6 Å². The normalized spacial score (nSPS) is 16.8. The van der Waals surface area contributed by atoms with Crippen molar-refractivity contribution in [2.75, 3.05) is 26.2 Å². The largest absolute Gasteiger partial charge is 0.493 e. The lowest BCUT2D eigenvalue weighted by Gasteiger charge is -2.32. The van der Waals surface area contributed by atoms with Crippen LogP contribution in [-0.2, 0) is 24.3 Å². The van der Waals surface area contributed by atoms with Gasteiger partial charge in [0, 0.05) is 32.1 Å². The summed E-state index contributed by atoms with van der Waals surface area (Å²) >= 11 is 0. The van der Waals surface area contributed by atoms with Crippen molar-refractivity contribution in [3.63, 3.8) is 0 Å². The molecule has 1 aromatic heterocycles. The van der Waals surface area contributed by atoms with E-state index in [1.807, 2.05) is 29.2 Å². The number of hydrogen-bond acceptors (Lipinski definition) is 5. The van der Waals surface area contributed by atoms with Crippen LogP contribution in [0, 0.1) is 5.92 Å². The van der Waals surface area contributed by atoms with Crippen molar-refractivity contribution in [1.29, 1.82) is 0 Å². The summed E-state index contributed by atoms with van der Waals surface area (Å²) in [6.45, 7) is 9.25. The van der Waals surface area contributed by atoms with Gasteiger partial charge in [0.2, 0.25) is 5.91 Å². The van der Waals surface area contributed by atoms with Gasteiger partial charge in [-0.25, -0.2) is 0 Å². The Labute approximate surface area is 184 Å². The number of benzene rings is 1. The van der Waals surface area contributed by atoms with E-state index >= 15 is 0 Å². The number of piperidine rings is 1. The Morgan fingerprint density at radius 1 is 1.17 bits per heavy atom. The number of ether oxygens (including phenoxy) is 1. The molecule has 0 bridgehead atoms. The number of rotatable bonds is 6. The number of nitrogens with one attached hydrogen (secondary N) is 1. The van der Waals surface area contributed by atoms with Gasteiger partial charge in [-0.3, -0.25) is 4.79 Å². The van der Waals surface area contributed by atoms with Crippen molar-refractivity contribution in [2.24, 2.45) is 5.92 Å². The van der Waals surface area contributed by atoms with Gasteiger partial charge in [0.1, 0.15) is 17.4 Å². The van der Waals surface area contributed by atoms with Gasteiger partial charge in [0.25, 0.3) is 0 Å². The summed E-state index contributed by atoms with van der Waals surface area (Å²) in [7, 11) is 0. The quantitative estimate of drug-likeness (QED) is 0.758. The minimum absolute atomic E-state index is 0. The predicted octanol–water partition coefficient (Wildman–Crippen LogP) is 2.79. The first-order valence-electron chi connectivity index (χ1n) is 10.7. The van der Waals surface area contributed by atoms with Crippen LogP contribution in [0.15, 0.2) is 24.3 Å². The van der Waals surface area contributed by atoms with Crippen molar-refractivity contribution < 1.29 is 9.53 Å². The third kappa shape index (κ3) is 5.32. The zero-order valence-electron chi connectivity index (χ0n) is 17.8. The summed E-state index contributed by atoms with van der Waals surface area (Å²) in [6, 6.07) is 7.91. The molecular weight excluding hydrogens is 402 g/mol. The van der Waals surface area contributed by atoms with Crippen LogP contribution < -0.4 is 10.1 Å². The summed E-state index contributed by atoms with van der Waals surface area (Å²) in [5.41, 5.74) is 1.04. The average Bonchev–Trinajstić information content (AvgIpc) is 3.17. The molecule has 30 heavy (non-hydrogen) atoms. The SMILES string of the molecule is CC(C)COc1ccc(CC(=O)N2CCC(c3nnc4n3CCNC4)CC2)cc1.Cl. The van der Waals surface area contributed by atoms with Crippen molar-refractivity contribution in [1.82, 2.24) is 25.0 Å². The van der Waals surface area contributed by atoms with E-state index in [0.717, 1.165) is 68.5 Å². The van der Waals surface area contributed by atoms with E-state index in [1.165, 1.54) is 0 Å². The molecule has 0 spiro atoms. The number of carbonyl (C=O) groups is 1. The summed E-state index contributed by atoms with van der Waals surface area (Å²) in [4.78, 5) is 14.7. The first-order chi connectivity index (χ1) is 14.1. The standard InChI is InChI=1S/C22H31N5O2.ClH/c1-16(2)15-29-19-5-3-17(4-6-19)13-21(28)26-10-7-18(8-11-26)22-25-24-20-14-23-9-12-27(20)22;/h3-6,16,18,23H,7-15H2,1-2H3;1H. The number of aromatic nitrogens is 3. The topological polar surface area (TPSA) is 72.3 Å². The molecule has 0 saturated carbocycles. The fourth-order valence-electron chi connectivity index (χ4n) is 4.06. The van der Waals surface area contributed by atoms with Crippen LogP contribution in [0.5, 0.6) is 5.75 Å². The zero-order chi connectivity index (χ0) is 20.2. The third-order valence-corrected chi connectivity index (χ3v) is 5.73. The Morgan fingerprint density at radius 3 is 2.60 bits per heavy atom. The van der Waals surface area contributed by atoms with E-state index in [0.29, 0.717) is 24.9 Å². The second-order valence-corrected chi connectivity index (χ2v) is 8.48. The Kier molecular flexibility index (Phi) is 7.72. The number of likely N-dealkylation sites (tertiary alicyclic amines) is 1. The molecule has 2 aliphatic heterocycles. The van der Waals surface area contributed by atoms with Crippen molar-refractivity contribution in [3.8, 4) is 5.75 Å². The number of amides is 1. The monoisotopic (exact) mass is 433 g/mol. The third-order valence-electron chi connectivity index (χ3n) is 5.73. The molecule has 0 radical (unpaired) electrons. The highest BCUT2D eigenvalue weighted by Gasteiger charge is 2.28. The molecule has 2 aromatic rings. The Morgan fingerprint density at radius 2 is 1.90 bits per heavy atom. The van der Waals surface area contributed by atoms with Crippen LogP contribution in [0.2, 0.25) is 0 Å². The highest BCUT2D eigenvalue weighted by atomic mass is 35.5. The van der Waals surface area contributed by atoms with Gasteiger partial charge in [-0.2, -0.15) is 0 Å². The number of nitrogens with zero attached hydrogens (tertiary/aromatic N) is 4. The Hall–Kier alpha value is -2.12. The van der Waals surface area contributed by atoms with Crippen molar-refractivity contribution in [3.05, 3.63) is 41.5 Å². The van der Waals surface area contributed by atoms with E-state index in [-0.39, 0.29) is 18.3 Å². The molecule has 164 valence electrons. The smallest absolute Gasteiger partial charge is 0.226 e. The zero-order valence-corrected chi connectivity index (χ0v) is 18.7. The van der Waals surface area contributed by atoms with Crippen LogP contribution in [0.3, 0.4) is 0 Å².